The van der Waals surface area contributed by atoms with Crippen LogP contribution < -0.4 is 4.90 Å². The highest BCUT2D eigenvalue weighted by Crippen LogP contribution is 2.18. The van der Waals surface area contributed by atoms with Crippen LogP contribution in [0.25, 0.3) is 6.08 Å². The Morgan fingerprint density at radius 1 is 1.08 bits per heavy atom. The highest BCUT2D eigenvalue weighted by molar-refractivity contribution is 6.03. The molecule has 0 aliphatic heterocycles. The summed E-state index contributed by atoms with van der Waals surface area (Å²) < 4.78 is 1.71. The first kappa shape index (κ1) is 15.7. The molecule has 3 rings (SSSR count). The van der Waals surface area contributed by atoms with E-state index in [4.69, 9.17) is 0 Å². The zero-order valence-electron chi connectivity index (χ0n) is 13.5. The van der Waals surface area contributed by atoms with Crippen LogP contribution in [0.3, 0.4) is 0 Å². The molecule has 120 valence electrons. The van der Waals surface area contributed by atoms with Crippen LogP contribution in [0.4, 0.5) is 5.69 Å². The van der Waals surface area contributed by atoms with E-state index >= 15 is 0 Å². The monoisotopic (exact) mass is 317 g/mol. The van der Waals surface area contributed by atoms with Gasteiger partial charge in [-0.15, -0.1) is 0 Å². The Kier molecular flexibility index (Phi) is 4.87. The van der Waals surface area contributed by atoms with E-state index in [0.29, 0.717) is 6.54 Å². The second-order valence-electron chi connectivity index (χ2n) is 5.53. The lowest BCUT2D eigenvalue weighted by Gasteiger charge is -2.21. The predicted octanol–water partition coefficient (Wildman–Crippen LogP) is 3.67. The van der Waals surface area contributed by atoms with Crippen molar-refractivity contribution in [3.63, 3.8) is 0 Å². The average Bonchev–Trinajstić information content (AvgIpc) is 3.04. The van der Waals surface area contributed by atoms with Gasteiger partial charge < -0.3 is 4.90 Å². The van der Waals surface area contributed by atoms with Gasteiger partial charge >= 0.3 is 0 Å². The van der Waals surface area contributed by atoms with Crippen molar-refractivity contribution in [3.8, 4) is 0 Å². The summed E-state index contributed by atoms with van der Waals surface area (Å²) in [6.07, 6.45) is 6.98. The molecule has 0 radical (unpaired) electrons. The third kappa shape index (κ3) is 3.98. The minimum Gasteiger partial charge on any atom is -0.304 e. The maximum Gasteiger partial charge on any atom is 0.251 e. The lowest BCUT2D eigenvalue weighted by Crippen LogP contribution is -2.28. The minimum atomic E-state index is -0.0612. The number of aromatic nitrogens is 2. The smallest absolute Gasteiger partial charge is 0.251 e. The molecule has 0 spiro atoms. The lowest BCUT2D eigenvalue weighted by atomic mass is 10.2. The largest absolute Gasteiger partial charge is 0.304 e. The van der Waals surface area contributed by atoms with Crippen LogP contribution in [0.15, 0.2) is 79.1 Å². The Balaban J connectivity index is 1.83. The quantitative estimate of drug-likeness (QED) is 0.674. The summed E-state index contributed by atoms with van der Waals surface area (Å²) in [7, 11) is 1.85. The van der Waals surface area contributed by atoms with E-state index in [2.05, 4.69) is 5.10 Å². The summed E-state index contributed by atoms with van der Waals surface area (Å²) in [5, 5.41) is 4.11. The molecule has 1 aromatic heterocycles. The van der Waals surface area contributed by atoms with Crippen LogP contribution >= 0.6 is 0 Å². The van der Waals surface area contributed by atoms with Crippen LogP contribution in [-0.2, 0) is 18.4 Å². The van der Waals surface area contributed by atoms with Crippen molar-refractivity contribution in [2.45, 2.75) is 6.54 Å². The van der Waals surface area contributed by atoms with Gasteiger partial charge in [-0.2, -0.15) is 5.10 Å². The number of anilines is 1. The van der Waals surface area contributed by atoms with Gasteiger partial charge in [-0.25, -0.2) is 0 Å². The fraction of sp³-hybridized carbons (Fsp3) is 0.100. The van der Waals surface area contributed by atoms with Crippen molar-refractivity contribution in [2.75, 3.05) is 4.90 Å². The second-order valence-corrected chi connectivity index (χ2v) is 5.53. The molecule has 4 nitrogen and oxygen atoms in total. The number of amides is 1. The topological polar surface area (TPSA) is 38.1 Å². The molecular weight excluding hydrogens is 298 g/mol. The maximum absolute atomic E-state index is 12.7. The molecule has 0 aliphatic rings. The number of hydrogen-bond donors (Lipinski definition) is 0. The molecule has 0 aliphatic carbocycles. The number of nitrogens with zero attached hydrogens (tertiary/aromatic N) is 3. The van der Waals surface area contributed by atoms with E-state index in [1.807, 2.05) is 73.9 Å². The van der Waals surface area contributed by atoms with E-state index in [0.717, 1.165) is 16.8 Å². The zero-order valence-corrected chi connectivity index (χ0v) is 13.5. The summed E-state index contributed by atoms with van der Waals surface area (Å²) in [5.41, 5.74) is 2.87. The van der Waals surface area contributed by atoms with Gasteiger partial charge in [0.15, 0.2) is 0 Å². The molecule has 0 N–H and O–H groups in total. The van der Waals surface area contributed by atoms with Crippen LogP contribution in [-0.4, -0.2) is 15.7 Å². The molecule has 4 heteroatoms. The van der Waals surface area contributed by atoms with Gasteiger partial charge in [-0.05, 0) is 23.8 Å². The van der Waals surface area contributed by atoms with Crippen LogP contribution in [0.5, 0.6) is 0 Å². The molecule has 2 aromatic carbocycles. The van der Waals surface area contributed by atoms with E-state index in [-0.39, 0.29) is 5.91 Å². The SMILES string of the molecule is Cn1cc(/C=C\C(=O)N(Cc2ccccc2)c2ccccc2)cn1. The van der Waals surface area contributed by atoms with Crippen molar-refractivity contribution in [2.24, 2.45) is 7.05 Å². The molecule has 3 aromatic rings. The first-order chi connectivity index (χ1) is 11.7. The molecule has 0 atom stereocenters. The van der Waals surface area contributed by atoms with Crippen molar-refractivity contribution in [1.82, 2.24) is 9.78 Å². The normalized spacial score (nSPS) is 10.9. The number of hydrogen-bond acceptors (Lipinski definition) is 2. The standard InChI is InChI=1S/C20H19N3O/c1-22-15-18(14-21-22)12-13-20(24)23(19-10-6-3-7-11-19)16-17-8-4-2-5-9-17/h2-15H,16H2,1H3/b13-12-. The highest BCUT2D eigenvalue weighted by Gasteiger charge is 2.13. The van der Waals surface area contributed by atoms with Gasteiger partial charge in [0.25, 0.3) is 5.91 Å². The van der Waals surface area contributed by atoms with Crippen LogP contribution in [0, 0.1) is 0 Å². The van der Waals surface area contributed by atoms with Crippen molar-refractivity contribution < 1.29 is 4.79 Å². The molecule has 1 heterocycles. The molecule has 0 unspecified atom stereocenters. The van der Waals surface area contributed by atoms with E-state index in [1.165, 1.54) is 0 Å². The Morgan fingerprint density at radius 2 is 1.75 bits per heavy atom. The first-order valence-corrected chi connectivity index (χ1v) is 7.79. The number of aryl methyl sites for hydroxylation is 1. The van der Waals surface area contributed by atoms with Crippen LogP contribution in [0.1, 0.15) is 11.1 Å². The van der Waals surface area contributed by atoms with Gasteiger partial charge in [-0.3, -0.25) is 9.48 Å². The fourth-order valence-electron chi connectivity index (χ4n) is 2.45. The third-order valence-corrected chi connectivity index (χ3v) is 3.66. The number of rotatable bonds is 5. The summed E-state index contributed by atoms with van der Waals surface area (Å²) >= 11 is 0. The van der Waals surface area contributed by atoms with Crippen molar-refractivity contribution in [1.29, 1.82) is 0 Å². The average molecular weight is 317 g/mol. The summed E-state index contributed by atoms with van der Waals surface area (Å²) in [5.74, 6) is -0.0612. The van der Waals surface area contributed by atoms with E-state index < -0.39 is 0 Å². The Bertz CT molecular complexity index is 822. The zero-order chi connectivity index (χ0) is 16.8. The van der Waals surface area contributed by atoms with Gasteiger partial charge in [-0.1, -0.05) is 48.5 Å². The fourth-order valence-corrected chi connectivity index (χ4v) is 2.45. The lowest BCUT2D eigenvalue weighted by molar-refractivity contribution is -0.114. The Morgan fingerprint density at radius 3 is 2.38 bits per heavy atom. The third-order valence-electron chi connectivity index (χ3n) is 3.66. The van der Waals surface area contributed by atoms with Crippen molar-refractivity contribution in [3.05, 3.63) is 90.3 Å². The summed E-state index contributed by atoms with van der Waals surface area (Å²) in [6.45, 7) is 0.529. The summed E-state index contributed by atoms with van der Waals surface area (Å²) in [4.78, 5) is 14.5. The Labute approximate surface area is 141 Å². The van der Waals surface area contributed by atoms with E-state index in [9.17, 15) is 4.79 Å². The first-order valence-electron chi connectivity index (χ1n) is 7.79. The van der Waals surface area contributed by atoms with Crippen molar-refractivity contribution >= 4 is 17.7 Å². The Hall–Kier alpha value is -3.14. The molecule has 1 amide bonds. The second kappa shape index (κ2) is 7.42. The molecule has 0 saturated heterocycles. The van der Waals surface area contributed by atoms with Gasteiger partial charge in [0.1, 0.15) is 0 Å². The van der Waals surface area contributed by atoms with Gasteiger partial charge in [0.2, 0.25) is 0 Å². The molecule has 0 bridgehead atoms. The van der Waals surface area contributed by atoms with Crippen LogP contribution in [0.2, 0.25) is 0 Å². The molecular formula is C20H19N3O. The highest BCUT2D eigenvalue weighted by atomic mass is 16.2. The molecule has 0 fully saturated rings. The number of carbonyl (C=O) groups excluding carboxylic acids is 1. The predicted molar refractivity (Wildman–Crippen MR) is 96.3 cm³/mol. The maximum atomic E-state index is 12.7. The summed E-state index contributed by atoms with van der Waals surface area (Å²) in [6, 6.07) is 19.7. The van der Waals surface area contributed by atoms with E-state index in [1.54, 1.807) is 27.9 Å². The minimum absolute atomic E-state index is 0.0612. The van der Waals surface area contributed by atoms with Gasteiger partial charge in [0, 0.05) is 30.6 Å². The molecule has 24 heavy (non-hydrogen) atoms. The van der Waals surface area contributed by atoms with Gasteiger partial charge in [0.05, 0.1) is 12.7 Å². The number of benzene rings is 2. The number of para-hydroxylation sites is 1. The number of carbonyl (C=O) groups is 1. The molecule has 0 saturated carbocycles.